The van der Waals surface area contributed by atoms with E-state index < -0.39 is 0 Å². The summed E-state index contributed by atoms with van der Waals surface area (Å²) in [4.78, 5) is 0. The van der Waals surface area contributed by atoms with Crippen LogP contribution in [-0.4, -0.2) is 39.0 Å². The zero-order chi connectivity index (χ0) is 13.1. The van der Waals surface area contributed by atoms with Crippen LogP contribution in [0.25, 0.3) is 0 Å². The van der Waals surface area contributed by atoms with Crippen molar-refractivity contribution in [1.29, 1.82) is 0 Å². The number of hydrogen-bond donors (Lipinski definition) is 2. The van der Waals surface area contributed by atoms with E-state index in [-0.39, 0.29) is 6.04 Å². The Balaban J connectivity index is 1.70. The lowest BCUT2D eigenvalue weighted by Crippen LogP contribution is -2.40. The van der Waals surface area contributed by atoms with Crippen LogP contribution in [0.3, 0.4) is 0 Å². The summed E-state index contributed by atoms with van der Waals surface area (Å²) in [6.45, 7) is 4.03. The third-order valence-electron chi connectivity index (χ3n) is 3.53. The lowest BCUT2D eigenvalue weighted by Gasteiger charge is -2.28. The Labute approximate surface area is 118 Å². The number of ether oxygens (including phenoxy) is 2. The van der Waals surface area contributed by atoms with E-state index in [1.807, 2.05) is 6.07 Å². The van der Waals surface area contributed by atoms with Gasteiger partial charge in [-0.05, 0) is 30.7 Å². The van der Waals surface area contributed by atoms with Crippen molar-refractivity contribution in [1.82, 2.24) is 5.32 Å². The van der Waals surface area contributed by atoms with Gasteiger partial charge in [-0.3, -0.25) is 0 Å². The van der Waals surface area contributed by atoms with Crippen LogP contribution < -0.4 is 10.6 Å². The summed E-state index contributed by atoms with van der Waals surface area (Å²) in [5.41, 5.74) is 2.16. The first-order valence-electron chi connectivity index (χ1n) is 6.78. The summed E-state index contributed by atoms with van der Waals surface area (Å²) in [5.74, 6) is 0. The van der Waals surface area contributed by atoms with E-state index in [9.17, 15) is 0 Å². The molecular weight excluding hydrogens is 264 g/mol. The first-order chi connectivity index (χ1) is 9.33. The monoisotopic (exact) mass is 282 g/mol. The number of halogens is 1. The smallest absolute Gasteiger partial charge is 0.0728 e. The standard InChI is InChI=1S/C14H19ClN2O2/c15-13-6-10(17-11-7-19-8-11)2-3-12(13)14-9-18-5-1-4-16-14/h2-3,6,11,14,16-17H,1,4-5,7-9H2. The maximum Gasteiger partial charge on any atom is 0.0728 e. The summed E-state index contributed by atoms with van der Waals surface area (Å²) in [6, 6.07) is 6.75. The molecule has 2 aliphatic rings. The van der Waals surface area contributed by atoms with Gasteiger partial charge >= 0.3 is 0 Å². The molecule has 0 radical (unpaired) electrons. The van der Waals surface area contributed by atoms with E-state index in [1.54, 1.807) is 0 Å². The molecule has 1 unspecified atom stereocenters. The van der Waals surface area contributed by atoms with Gasteiger partial charge in [-0.1, -0.05) is 17.7 Å². The molecule has 3 rings (SSSR count). The van der Waals surface area contributed by atoms with Gasteiger partial charge in [0.05, 0.1) is 31.9 Å². The summed E-state index contributed by atoms with van der Waals surface area (Å²) in [6.07, 6.45) is 1.05. The highest BCUT2D eigenvalue weighted by Gasteiger charge is 2.20. The normalized spacial score (nSPS) is 24.6. The Bertz CT molecular complexity index is 429. The predicted molar refractivity (Wildman–Crippen MR) is 75.9 cm³/mol. The van der Waals surface area contributed by atoms with Gasteiger partial charge < -0.3 is 20.1 Å². The van der Waals surface area contributed by atoms with Gasteiger partial charge in [0.1, 0.15) is 0 Å². The first kappa shape index (κ1) is 13.2. The molecule has 2 saturated heterocycles. The minimum Gasteiger partial charge on any atom is -0.379 e. The Kier molecular flexibility index (Phi) is 4.23. The van der Waals surface area contributed by atoms with Crippen molar-refractivity contribution < 1.29 is 9.47 Å². The number of nitrogens with one attached hydrogen (secondary N) is 2. The van der Waals surface area contributed by atoms with Crippen LogP contribution in [0, 0.1) is 0 Å². The second kappa shape index (κ2) is 6.09. The van der Waals surface area contributed by atoms with Gasteiger partial charge in [0.2, 0.25) is 0 Å². The van der Waals surface area contributed by atoms with Crippen molar-refractivity contribution in [3.63, 3.8) is 0 Å². The number of rotatable bonds is 3. The van der Waals surface area contributed by atoms with Crippen molar-refractivity contribution in [2.75, 3.05) is 38.3 Å². The fraction of sp³-hybridized carbons (Fsp3) is 0.571. The summed E-state index contributed by atoms with van der Waals surface area (Å²) >= 11 is 6.39. The minimum absolute atomic E-state index is 0.191. The molecule has 0 saturated carbocycles. The second-order valence-electron chi connectivity index (χ2n) is 5.05. The molecule has 1 atom stereocenters. The average molecular weight is 283 g/mol. The molecule has 1 aromatic carbocycles. The van der Waals surface area contributed by atoms with Crippen molar-refractivity contribution in [2.45, 2.75) is 18.5 Å². The zero-order valence-electron chi connectivity index (χ0n) is 10.8. The van der Waals surface area contributed by atoms with Crippen LogP contribution in [0.15, 0.2) is 18.2 Å². The van der Waals surface area contributed by atoms with E-state index in [4.69, 9.17) is 21.1 Å². The van der Waals surface area contributed by atoms with Crippen LogP contribution in [0.5, 0.6) is 0 Å². The molecule has 2 fully saturated rings. The van der Waals surface area contributed by atoms with Crippen LogP contribution in [-0.2, 0) is 9.47 Å². The Morgan fingerprint density at radius 1 is 1.21 bits per heavy atom. The molecule has 0 aromatic heterocycles. The van der Waals surface area contributed by atoms with Gasteiger partial charge in [0, 0.05) is 17.3 Å². The summed E-state index contributed by atoms with van der Waals surface area (Å²) in [7, 11) is 0. The first-order valence-corrected chi connectivity index (χ1v) is 7.15. The fourth-order valence-electron chi connectivity index (χ4n) is 2.36. The number of hydrogen-bond acceptors (Lipinski definition) is 4. The lowest BCUT2D eigenvalue weighted by molar-refractivity contribution is 0.0211. The van der Waals surface area contributed by atoms with Crippen LogP contribution in [0.2, 0.25) is 5.02 Å². The van der Waals surface area contributed by atoms with Gasteiger partial charge in [-0.25, -0.2) is 0 Å². The van der Waals surface area contributed by atoms with Crippen molar-refractivity contribution in [3.05, 3.63) is 28.8 Å². The molecule has 0 bridgehead atoms. The molecule has 19 heavy (non-hydrogen) atoms. The molecule has 0 amide bonds. The van der Waals surface area contributed by atoms with Crippen LogP contribution >= 0.6 is 11.6 Å². The second-order valence-corrected chi connectivity index (χ2v) is 5.46. The highest BCUT2D eigenvalue weighted by atomic mass is 35.5. The Morgan fingerprint density at radius 3 is 2.84 bits per heavy atom. The molecular formula is C14H19ClN2O2. The highest BCUT2D eigenvalue weighted by Crippen LogP contribution is 2.28. The molecule has 5 heteroatoms. The van der Waals surface area contributed by atoms with Crippen LogP contribution in [0.4, 0.5) is 5.69 Å². The van der Waals surface area contributed by atoms with Crippen LogP contribution in [0.1, 0.15) is 18.0 Å². The average Bonchev–Trinajstić information content (AvgIpc) is 2.63. The Morgan fingerprint density at radius 2 is 2.11 bits per heavy atom. The highest BCUT2D eigenvalue weighted by molar-refractivity contribution is 6.31. The largest absolute Gasteiger partial charge is 0.379 e. The molecule has 0 aliphatic carbocycles. The van der Waals surface area contributed by atoms with E-state index in [2.05, 4.69) is 22.8 Å². The third-order valence-corrected chi connectivity index (χ3v) is 3.85. The van der Waals surface area contributed by atoms with E-state index in [0.717, 1.165) is 49.1 Å². The predicted octanol–water partition coefficient (Wildman–Crippen LogP) is 2.20. The maximum atomic E-state index is 6.39. The van der Waals surface area contributed by atoms with E-state index in [0.29, 0.717) is 12.6 Å². The maximum absolute atomic E-state index is 6.39. The van der Waals surface area contributed by atoms with Gasteiger partial charge in [0.25, 0.3) is 0 Å². The quantitative estimate of drug-likeness (QED) is 0.892. The topological polar surface area (TPSA) is 42.5 Å². The van der Waals surface area contributed by atoms with Crippen molar-refractivity contribution >= 4 is 17.3 Å². The number of anilines is 1. The summed E-state index contributed by atoms with van der Waals surface area (Å²) in [5, 5.41) is 7.66. The van der Waals surface area contributed by atoms with Gasteiger partial charge in [-0.2, -0.15) is 0 Å². The minimum atomic E-state index is 0.191. The Hall–Kier alpha value is -0.810. The van der Waals surface area contributed by atoms with Crippen molar-refractivity contribution in [3.8, 4) is 0 Å². The molecule has 4 nitrogen and oxygen atoms in total. The molecule has 2 aliphatic heterocycles. The third kappa shape index (κ3) is 3.20. The molecule has 0 spiro atoms. The molecule has 2 N–H and O–H groups in total. The van der Waals surface area contributed by atoms with E-state index in [1.165, 1.54) is 0 Å². The van der Waals surface area contributed by atoms with E-state index >= 15 is 0 Å². The number of benzene rings is 1. The van der Waals surface area contributed by atoms with Gasteiger partial charge in [-0.15, -0.1) is 0 Å². The SMILES string of the molecule is Clc1cc(NC2COC2)ccc1C1COCCCN1. The van der Waals surface area contributed by atoms with Gasteiger partial charge in [0.15, 0.2) is 0 Å². The lowest BCUT2D eigenvalue weighted by atomic mass is 10.1. The zero-order valence-corrected chi connectivity index (χ0v) is 11.6. The fourth-order valence-corrected chi connectivity index (χ4v) is 2.68. The summed E-state index contributed by atoms with van der Waals surface area (Å²) < 4.78 is 10.7. The molecule has 104 valence electrons. The van der Waals surface area contributed by atoms with Crippen molar-refractivity contribution in [2.24, 2.45) is 0 Å². The molecule has 2 heterocycles. The molecule has 1 aromatic rings.